The molecular weight excluding hydrogens is 348 g/mol. The maximum atomic E-state index is 12.2. The van der Waals surface area contributed by atoms with Crippen molar-refractivity contribution >= 4 is 27.8 Å². The zero-order valence-electron chi connectivity index (χ0n) is 12.4. The van der Waals surface area contributed by atoms with Gasteiger partial charge in [0, 0.05) is 23.3 Å². The number of aromatic nitrogens is 2. The lowest BCUT2D eigenvalue weighted by molar-refractivity contribution is -0.0793. The summed E-state index contributed by atoms with van der Waals surface area (Å²) in [5, 5.41) is 17.5. The Morgan fingerprint density at radius 2 is 2.18 bits per heavy atom. The van der Waals surface area contributed by atoms with Crippen LogP contribution in [0.4, 0.5) is 10.6 Å². The molecule has 0 unspecified atom stereocenters. The van der Waals surface area contributed by atoms with E-state index >= 15 is 0 Å². The summed E-state index contributed by atoms with van der Waals surface area (Å²) in [4.78, 5) is 13.8. The van der Waals surface area contributed by atoms with Gasteiger partial charge in [0.25, 0.3) is 0 Å². The molecular formula is C15H17BrN4O2. The van der Waals surface area contributed by atoms with E-state index in [2.05, 4.69) is 26.3 Å². The third kappa shape index (κ3) is 2.74. The summed E-state index contributed by atoms with van der Waals surface area (Å²) in [6.07, 6.45) is 1.84. The number of aryl methyl sites for hydroxylation is 2. The van der Waals surface area contributed by atoms with Gasteiger partial charge in [0.05, 0.1) is 13.1 Å². The quantitative estimate of drug-likeness (QED) is 0.858. The fraction of sp³-hybridized carbons (Fsp3) is 0.333. The first kappa shape index (κ1) is 15.1. The lowest BCUT2D eigenvalue weighted by Gasteiger charge is -2.46. The molecule has 6 nitrogen and oxygen atoms in total. The third-order valence-corrected chi connectivity index (χ3v) is 4.28. The highest BCUT2D eigenvalue weighted by Gasteiger charge is 2.45. The van der Waals surface area contributed by atoms with Crippen molar-refractivity contribution in [3.8, 4) is 0 Å². The zero-order chi connectivity index (χ0) is 15.9. The third-order valence-electron chi connectivity index (χ3n) is 3.79. The molecule has 1 aliphatic heterocycles. The van der Waals surface area contributed by atoms with Crippen LogP contribution in [-0.2, 0) is 12.6 Å². The first-order valence-corrected chi connectivity index (χ1v) is 7.71. The number of carbonyl (C=O) groups is 1. The van der Waals surface area contributed by atoms with Crippen LogP contribution in [0.3, 0.4) is 0 Å². The van der Waals surface area contributed by atoms with Crippen LogP contribution in [0.1, 0.15) is 11.1 Å². The van der Waals surface area contributed by atoms with Crippen molar-refractivity contribution in [1.82, 2.24) is 14.7 Å². The SMILES string of the molecule is Cc1cn(C)nc1NC(=O)N1CC(O)(c2cccc(Br)c2)C1. The molecule has 0 radical (unpaired) electrons. The van der Waals surface area contributed by atoms with E-state index in [9.17, 15) is 9.90 Å². The maximum Gasteiger partial charge on any atom is 0.323 e. The second kappa shape index (κ2) is 5.40. The molecule has 0 spiro atoms. The highest BCUT2D eigenvalue weighted by Crippen LogP contribution is 2.33. The largest absolute Gasteiger partial charge is 0.381 e. The zero-order valence-corrected chi connectivity index (χ0v) is 14.0. The Morgan fingerprint density at radius 1 is 1.45 bits per heavy atom. The van der Waals surface area contributed by atoms with E-state index in [4.69, 9.17) is 0 Å². The van der Waals surface area contributed by atoms with Gasteiger partial charge in [0.2, 0.25) is 0 Å². The molecule has 0 bridgehead atoms. The number of benzene rings is 1. The molecule has 0 aliphatic carbocycles. The minimum absolute atomic E-state index is 0.249. The van der Waals surface area contributed by atoms with Crippen LogP contribution in [0.5, 0.6) is 0 Å². The van der Waals surface area contributed by atoms with Crippen molar-refractivity contribution in [3.63, 3.8) is 0 Å². The van der Waals surface area contributed by atoms with E-state index in [0.29, 0.717) is 5.82 Å². The molecule has 0 saturated carbocycles. The summed E-state index contributed by atoms with van der Waals surface area (Å²) in [7, 11) is 1.80. The number of β-amino-alcohol motifs (C(OH)–C–C–N with tert-alkyl or cyclic N) is 1. The molecule has 1 fully saturated rings. The molecule has 2 N–H and O–H groups in total. The van der Waals surface area contributed by atoms with Crippen LogP contribution in [0.2, 0.25) is 0 Å². The van der Waals surface area contributed by atoms with Crippen LogP contribution in [0.15, 0.2) is 34.9 Å². The van der Waals surface area contributed by atoms with Crippen molar-refractivity contribution in [1.29, 1.82) is 0 Å². The van der Waals surface area contributed by atoms with E-state index in [1.54, 1.807) is 16.6 Å². The Hall–Kier alpha value is -1.86. The highest BCUT2D eigenvalue weighted by molar-refractivity contribution is 9.10. The molecule has 1 saturated heterocycles. The molecule has 116 valence electrons. The van der Waals surface area contributed by atoms with Crippen LogP contribution in [-0.4, -0.2) is 38.9 Å². The first-order valence-electron chi connectivity index (χ1n) is 6.92. The van der Waals surface area contributed by atoms with E-state index in [1.807, 2.05) is 37.4 Å². The summed E-state index contributed by atoms with van der Waals surface area (Å²) in [6, 6.07) is 7.26. The van der Waals surface area contributed by atoms with E-state index in [1.165, 1.54) is 0 Å². The number of anilines is 1. The Labute approximate surface area is 136 Å². The van der Waals surface area contributed by atoms with Gasteiger partial charge in [-0.05, 0) is 24.6 Å². The van der Waals surface area contributed by atoms with Crippen molar-refractivity contribution in [2.75, 3.05) is 18.4 Å². The predicted molar refractivity (Wildman–Crippen MR) is 86.6 cm³/mol. The van der Waals surface area contributed by atoms with Crippen molar-refractivity contribution in [3.05, 3.63) is 46.1 Å². The van der Waals surface area contributed by atoms with Gasteiger partial charge >= 0.3 is 6.03 Å². The number of nitrogens with one attached hydrogen (secondary N) is 1. The van der Waals surface area contributed by atoms with Gasteiger partial charge in [0.15, 0.2) is 5.82 Å². The predicted octanol–water partition coefficient (Wildman–Crippen LogP) is 2.23. The van der Waals surface area contributed by atoms with Gasteiger partial charge < -0.3 is 10.0 Å². The normalized spacial score (nSPS) is 16.3. The molecule has 7 heteroatoms. The molecule has 2 aromatic rings. The Morgan fingerprint density at radius 3 is 2.77 bits per heavy atom. The fourth-order valence-corrected chi connectivity index (χ4v) is 3.00. The number of nitrogens with zero attached hydrogens (tertiary/aromatic N) is 3. The van der Waals surface area contributed by atoms with Gasteiger partial charge in [-0.2, -0.15) is 5.10 Å². The monoisotopic (exact) mass is 364 g/mol. The number of hydrogen-bond donors (Lipinski definition) is 2. The summed E-state index contributed by atoms with van der Waals surface area (Å²) < 4.78 is 2.56. The standard InChI is InChI=1S/C15H17BrN4O2/c1-10-7-19(2)18-13(10)17-14(21)20-8-15(22,9-20)11-4-3-5-12(16)6-11/h3-7,22H,8-9H2,1-2H3,(H,17,18,21). The summed E-state index contributed by atoms with van der Waals surface area (Å²) in [5.41, 5.74) is 0.721. The number of aliphatic hydroxyl groups is 1. The molecule has 1 aromatic heterocycles. The van der Waals surface area contributed by atoms with Crippen molar-refractivity contribution < 1.29 is 9.90 Å². The van der Waals surface area contributed by atoms with Crippen molar-refractivity contribution in [2.45, 2.75) is 12.5 Å². The number of halogens is 1. The van der Waals surface area contributed by atoms with Crippen molar-refractivity contribution in [2.24, 2.45) is 7.05 Å². The number of amides is 2. The summed E-state index contributed by atoms with van der Waals surface area (Å²) in [6.45, 7) is 2.42. The lowest BCUT2D eigenvalue weighted by Crippen LogP contribution is -2.62. The van der Waals surface area contributed by atoms with Crippen LogP contribution >= 0.6 is 15.9 Å². The molecule has 3 rings (SSSR count). The smallest absolute Gasteiger partial charge is 0.323 e. The van der Waals surface area contributed by atoms with Gasteiger partial charge in [-0.25, -0.2) is 4.79 Å². The average molecular weight is 365 g/mol. The molecule has 1 aliphatic rings. The number of rotatable bonds is 2. The Bertz CT molecular complexity index is 722. The Balaban J connectivity index is 1.65. The molecule has 22 heavy (non-hydrogen) atoms. The maximum absolute atomic E-state index is 12.2. The number of hydrogen-bond acceptors (Lipinski definition) is 3. The highest BCUT2D eigenvalue weighted by atomic mass is 79.9. The van der Waals surface area contributed by atoms with Gasteiger partial charge in [-0.15, -0.1) is 0 Å². The van der Waals surface area contributed by atoms with E-state index in [0.717, 1.165) is 15.6 Å². The van der Waals surface area contributed by atoms with Crippen LogP contribution < -0.4 is 5.32 Å². The topological polar surface area (TPSA) is 70.4 Å². The molecule has 0 atom stereocenters. The van der Waals surface area contributed by atoms with Gasteiger partial charge in [0.1, 0.15) is 5.60 Å². The fourth-order valence-electron chi connectivity index (χ4n) is 2.60. The number of urea groups is 1. The Kier molecular flexibility index (Phi) is 3.70. The molecule has 1 aromatic carbocycles. The van der Waals surface area contributed by atoms with Crippen LogP contribution in [0, 0.1) is 6.92 Å². The van der Waals surface area contributed by atoms with E-state index < -0.39 is 5.60 Å². The minimum Gasteiger partial charge on any atom is -0.381 e. The number of carbonyl (C=O) groups excluding carboxylic acids is 1. The van der Waals surface area contributed by atoms with Gasteiger partial charge in [-0.1, -0.05) is 28.1 Å². The average Bonchev–Trinajstić information content (AvgIpc) is 2.73. The second-order valence-electron chi connectivity index (χ2n) is 5.66. The van der Waals surface area contributed by atoms with Crippen LogP contribution in [0.25, 0.3) is 0 Å². The molecule has 2 amide bonds. The number of likely N-dealkylation sites (tertiary alicyclic amines) is 1. The first-order chi connectivity index (χ1) is 10.4. The lowest BCUT2D eigenvalue weighted by atomic mass is 9.86. The second-order valence-corrected chi connectivity index (χ2v) is 6.58. The summed E-state index contributed by atoms with van der Waals surface area (Å²) in [5.74, 6) is 0.547. The summed E-state index contributed by atoms with van der Waals surface area (Å²) >= 11 is 3.39. The molecule has 2 heterocycles. The van der Waals surface area contributed by atoms with E-state index in [-0.39, 0.29) is 19.1 Å². The van der Waals surface area contributed by atoms with Gasteiger partial charge in [-0.3, -0.25) is 10.00 Å². The minimum atomic E-state index is -0.986.